The molecule has 1 aliphatic heterocycles. The number of sulfonamides is 1. The maximum atomic E-state index is 13.0. The highest BCUT2D eigenvalue weighted by molar-refractivity contribution is 7.89. The topological polar surface area (TPSA) is 98.8 Å². The first-order valence-electron chi connectivity index (χ1n) is 7.78. The number of urea groups is 1. The van der Waals surface area contributed by atoms with Gasteiger partial charge in [0.25, 0.3) is 0 Å². The average molecular weight is 372 g/mol. The Morgan fingerprint density at radius 1 is 1.12 bits per heavy atom. The van der Waals surface area contributed by atoms with Crippen LogP contribution in [0, 0.1) is 5.82 Å². The van der Waals surface area contributed by atoms with Gasteiger partial charge in [0.05, 0.1) is 10.9 Å². The van der Waals surface area contributed by atoms with Gasteiger partial charge >= 0.3 is 6.03 Å². The number of benzene rings is 1. The molecule has 0 bridgehead atoms. The third kappa shape index (κ3) is 4.53. The number of carbonyl (C=O) groups is 2. The number of hydrogen-bond donors (Lipinski definition) is 2. The number of hydrogen-bond acceptors (Lipinski definition) is 5. The second-order valence-corrected chi connectivity index (χ2v) is 7.58. The molecule has 0 saturated carbocycles. The summed E-state index contributed by atoms with van der Waals surface area (Å²) in [4.78, 5) is 25.0. The van der Waals surface area contributed by atoms with Crippen molar-refractivity contribution in [1.82, 2.24) is 19.8 Å². The first-order valence-corrected chi connectivity index (χ1v) is 9.22. The molecule has 25 heavy (non-hydrogen) atoms. The summed E-state index contributed by atoms with van der Waals surface area (Å²) in [5.74, 6) is -0.950. The van der Waals surface area contributed by atoms with Crippen LogP contribution in [0.5, 0.6) is 0 Å². The van der Waals surface area contributed by atoms with E-state index in [1.165, 1.54) is 23.5 Å². The van der Waals surface area contributed by atoms with E-state index in [4.69, 9.17) is 0 Å². The Bertz CT molecular complexity index is 730. The number of nitrogens with one attached hydrogen (secondary N) is 2. The minimum Gasteiger partial charge on any atom is -0.341 e. The minimum absolute atomic E-state index is 0.0350. The van der Waals surface area contributed by atoms with Gasteiger partial charge in [0, 0.05) is 33.2 Å². The fraction of sp³-hybridized carbons (Fsp3) is 0.467. The third-order valence-corrected chi connectivity index (χ3v) is 6.03. The molecule has 1 saturated heterocycles. The van der Waals surface area contributed by atoms with Gasteiger partial charge in [-0.25, -0.2) is 17.6 Å². The minimum atomic E-state index is -3.70. The van der Waals surface area contributed by atoms with E-state index in [1.807, 2.05) is 0 Å². The molecule has 0 aromatic heterocycles. The molecular weight excluding hydrogens is 351 g/mol. The lowest BCUT2D eigenvalue weighted by Gasteiger charge is -2.36. The van der Waals surface area contributed by atoms with E-state index in [0.717, 1.165) is 12.1 Å². The molecule has 0 unspecified atom stereocenters. The zero-order chi connectivity index (χ0) is 18.6. The van der Waals surface area contributed by atoms with E-state index >= 15 is 0 Å². The maximum absolute atomic E-state index is 13.0. The van der Waals surface area contributed by atoms with E-state index in [2.05, 4.69) is 10.6 Å². The Morgan fingerprint density at radius 3 is 2.20 bits per heavy atom. The first kappa shape index (κ1) is 19.3. The molecule has 10 heteroatoms. The summed E-state index contributed by atoms with van der Waals surface area (Å²) < 4.78 is 39.4. The fourth-order valence-electron chi connectivity index (χ4n) is 2.53. The van der Waals surface area contributed by atoms with Crippen molar-refractivity contribution in [3.63, 3.8) is 0 Å². The number of amides is 3. The molecule has 8 nitrogen and oxygen atoms in total. The Balaban J connectivity index is 1.98. The van der Waals surface area contributed by atoms with E-state index in [9.17, 15) is 22.4 Å². The largest absolute Gasteiger partial charge is 0.341 e. The lowest BCUT2D eigenvalue weighted by atomic mass is 10.2. The SMILES string of the molecule is CNC(=O)NC(=O)[C@@H](C)N1CCN(S(=O)(=O)c2ccc(F)cc2)CC1. The molecule has 0 aliphatic carbocycles. The molecule has 3 amide bonds. The van der Waals surface area contributed by atoms with Gasteiger partial charge in [-0.3, -0.25) is 15.0 Å². The summed E-state index contributed by atoms with van der Waals surface area (Å²) >= 11 is 0. The first-order chi connectivity index (χ1) is 11.8. The Morgan fingerprint density at radius 2 is 1.68 bits per heavy atom. The Kier molecular flexibility index (Phi) is 6.09. The maximum Gasteiger partial charge on any atom is 0.321 e. The van der Waals surface area contributed by atoms with Crippen molar-refractivity contribution >= 4 is 22.0 Å². The number of piperazine rings is 1. The van der Waals surface area contributed by atoms with Gasteiger partial charge in [-0.15, -0.1) is 0 Å². The molecule has 0 spiro atoms. The van der Waals surface area contributed by atoms with Crippen LogP contribution in [0.4, 0.5) is 9.18 Å². The molecule has 1 aliphatic rings. The van der Waals surface area contributed by atoms with E-state index < -0.39 is 33.8 Å². The number of carbonyl (C=O) groups excluding carboxylic acids is 2. The number of imide groups is 1. The van der Waals surface area contributed by atoms with Crippen LogP contribution in [-0.2, 0) is 14.8 Å². The molecule has 138 valence electrons. The summed E-state index contributed by atoms with van der Waals surface area (Å²) in [5.41, 5.74) is 0. The second-order valence-electron chi connectivity index (χ2n) is 5.64. The van der Waals surface area contributed by atoms with Gasteiger partial charge in [0.15, 0.2) is 0 Å². The third-order valence-electron chi connectivity index (χ3n) is 4.12. The van der Waals surface area contributed by atoms with Gasteiger partial charge < -0.3 is 5.32 Å². The van der Waals surface area contributed by atoms with E-state index in [1.54, 1.807) is 11.8 Å². The van der Waals surface area contributed by atoms with Crippen LogP contribution in [0.1, 0.15) is 6.92 Å². The van der Waals surface area contributed by atoms with Crippen molar-refractivity contribution in [2.24, 2.45) is 0 Å². The van der Waals surface area contributed by atoms with Crippen LogP contribution in [0.25, 0.3) is 0 Å². The zero-order valence-corrected chi connectivity index (χ0v) is 14.8. The standard InChI is InChI=1S/C15H21FN4O4S/c1-11(14(21)18-15(22)17-2)19-7-9-20(10-8-19)25(23,24)13-5-3-12(16)4-6-13/h3-6,11H,7-10H2,1-2H3,(H2,17,18,21,22)/t11-/m1/s1. The highest BCUT2D eigenvalue weighted by Crippen LogP contribution is 2.18. The van der Waals surface area contributed by atoms with Gasteiger partial charge in [-0.2, -0.15) is 4.31 Å². The summed E-state index contributed by atoms with van der Waals surface area (Å²) in [6.45, 7) is 2.77. The highest BCUT2D eigenvalue weighted by Gasteiger charge is 2.32. The van der Waals surface area contributed by atoms with E-state index in [0.29, 0.717) is 13.1 Å². The Labute approximate surface area is 146 Å². The second kappa shape index (κ2) is 7.89. The lowest BCUT2D eigenvalue weighted by Crippen LogP contribution is -2.56. The quantitative estimate of drug-likeness (QED) is 0.774. The summed E-state index contributed by atoms with van der Waals surface area (Å²) in [7, 11) is -2.29. The van der Waals surface area contributed by atoms with Gasteiger partial charge in [0.1, 0.15) is 5.82 Å². The van der Waals surface area contributed by atoms with Crippen LogP contribution in [-0.4, -0.2) is 68.8 Å². The predicted molar refractivity (Wildman–Crippen MR) is 88.8 cm³/mol. The van der Waals surface area contributed by atoms with Crippen molar-refractivity contribution in [3.05, 3.63) is 30.1 Å². The van der Waals surface area contributed by atoms with Gasteiger partial charge in [-0.05, 0) is 31.2 Å². The van der Waals surface area contributed by atoms with Crippen molar-refractivity contribution in [1.29, 1.82) is 0 Å². The van der Waals surface area contributed by atoms with Crippen LogP contribution in [0.3, 0.4) is 0 Å². The Hall–Kier alpha value is -2.04. The number of rotatable bonds is 4. The summed E-state index contributed by atoms with van der Waals surface area (Å²) in [6.07, 6.45) is 0. The van der Waals surface area contributed by atoms with Crippen LogP contribution in [0.15, 0.2) is 29.2 Å². The normalized spacial score (nSPS) is 17.7. The molecule has 1 aromatic carbocycles. The smallest absolute Gasteiger partial charge is 0.321 e. The molecular formula is C15H21FN4O4S. The number of halogens is 1. The zero-order valence-electron chi connectivity index (χ0n) is 14.0. The monoisotopic (exact) mass is 372 g/mol. The van der Waals surface area contributed by atoms with Crippen LogP contribution in [0.2, 0.25) is 0 Å². The van der Waals surface area contributed by atoms with Crippen LogP contribution < -0.4 is 10.6 Å². The average Bonchev–Trinajstić information content (AvgIpc) is 2.61. The predicted octanol–water partition coefficient (Wildman–Crippen LogP) is -0.0239. The number of nitrogens with zero attached hydrogens (tertiary/aromatic N) is 2. The van der Waals surface area contributed by atoms with Gasteiger partial charge in [0.2, 0.25) is 15.9 Å². The lowest BCUT2D eigenvalue weighted by molar-refractivity contribution is -0.125. The molecule has 1 fully saturated rings. The highest BCUT2D eigenvalue weighted by atomic mass is 32.2. The molecule has 1 atom stereocenters. The van der Waals surface area contributed by atoms with Crippen molar-refractivity contribution in [2.75, 3.05) is 33.2 Å². The van der Waals surface area contributed by atoms with Gasteiger partial charge in [-0.1, -0.05) is 0 Å². The molecule has 1 aromatic rings. The van der Waals surface area contributed by atoms with E-state index in [-0.39, 0.29) is 18.0 Å². The summed E-state index contributed by atoms with van der Waals surface area (Å²) in [5, 5.41) is 4.50. The van der Waals surface area contributed by atoms with Crippen molar-refractivity contribution < 1.29 is 22.4 Å². The molecule has 0 radical (unpaired) electrons. The fourth-order valence-corrected chi connectivity index (χ4v) is 3.95. The molecule has 2 N–H and O–H groups in total. The van der Waals surface area contributed by atoms with Crippen LogP contribution >= 0.6 is 0 Å². The molecule has 1 heterocycles. The summed E-state index contributed by atoms with van der Waals surface area (Å²) in [6, 6.07) is 3.53. The molecule has 2 rings (SSSR count). The van der Waals surface area contributed by atoms with Crippen molar-refractivity contribution in [2.45, 2.75) is 17.9 Å². The van der Waals surface area contributed by atoms with Crippen molar-refractivity contribution in [3.8, 4) is 0 Å².